The summed E-state index contributed by atoms with van der Waals surface area (Å²) in [4.78, 5) is 56.0. The molecule has 4 unspecified atom stereocenters. The van der Waals surface area contributed by atoms with Gasteiger partial charge in [-0.05, 0) is 86.3 Å². The topological polar surface area (TPSA) is 216 Å². The van der Waals surface area contributed by atoms with Crippen LogP contribution in [0, 0.1) is 23.7 Å². The minimum atomic E-state index is -0.248. The van der Waals surface area contributed by atoms with Gasteiger partial charge in [-0.2, -0.15) is 0 Å². The molecule has 4 aromatic rings. The number of benzene rings is 4. The van der Waals surface area contributed by atoms with E-state index in [0.29, 0.717) is 134 Å². The molecule has 3 aliphatic heterocycles. The summed E-state index contributed by atoms with van der Waals surface area (Å²) in [6.45, 7) is 14.5. The average Bonchev–Trinajstić information content (AvgIpc) is 1.26. The van der Waals surface area contributed by atoms with Crippen molar-refractivity contribution in [1.82, 2.24) is 0 Å². The fourth-order valence-electron chi connectivity index (χ4n) is 11.5. The Morgan fingerprint density at radius 1 is 0.240 bits per heavy atom. The molecule has 4 aromatic carbocycles. The lowest BCUT2D eigenvalue weighted by atomic mass is 9.92. The van der Waals surface area contributed by atoms with E-state index in [0.717, 1.165) is 103 Å². The summed E-state index contributed by atoms with van der Waals surface area (Å²) < 4.78 is 96.4. The maximum Gasteiger partial charge on any atom is 0.172 e. The number of carbonyl (C=O) groups excluding carboxylic acids is 4. The summed E-state index contributed by atoms with van der Waals surface area (Å²) in [5.41, 5.74) is 2.05. The van der Waals surface area contributed by atoms with Crippen LogP contribution in [0.1, 0.15) is 172 Å². The quantitative estimate of drug-likeness (QED) is 0.150. The average molecular weight is 1340 g/mol. The largest absolute Gasteiger partial charge is 0.487 e. The third-order valence-electron chi connectivity index (χ3n) is 17.1. The molecule has 0 spiro atoms. The van der Waals surface area contributed by atoms with E-state index in [4.69, 9.17) is 75.8 Å². The van der Waals surface area contributed by atoms with E-state index in [2.05, 4.69) is 0 Å². The van der Waals surface area contributed by atoms with Crippen LogP contribution in [0.5, 0.6) is 46.0 Å². The van der Waals surface area contributed by atoms with E-state index in [1.807, 2.05) is 39.8 Å². The minimum Gasteiger partial charge on any atom is -0.487 e. The third kappa shape index (κ3) is 27.9. The van der Waals surface area contributed by atoms with Crippen molar-refractivity contribution in [2.24, 2.45) is 23.7 Å². The van der Waals surface area contributed by atoms with Crippen molar-refractivity contribution in [1.29, 1.82) is 0 Å². The smallest absolute Gasteiger partial charge is 0.172 e. The van der Waals surface area contributed by atoms with Crippen LogP contribution in [0.15, 0.2) is 72.8 Å². The van der Waals surface area contributed by atoms with Gasteiger partial charge in [-0.1, -0.05) is 117 Å². The molecule has 0 aromatic heterocycles. The third-order valence-corrected chi connectivity index (χ3v) is 17.1. The summed E-state index contributed by atoms with van der Waals surface area (Å²) in [5, 5.41) is 0. The zero-order valence-corrected chi connectivity index (χ0v) is 57.7. The number of ketones is 4. The summed E-state index contributed by atoms with van der Waals surface area (Å²) in [6, 6.07) is 21.5. The fraction of sp³-hybridized carbons (Fsp3) is 0.632. The van der Waals surface area contributed by atoms with Gasteiger partial charge in [0.25, 0.3) is 0 Å². The molecule has 0 amide bonds. The molecular formula is C76H108O20. The van der Waals surface area contributed by atoms with Crippen LogP contribution in [-0.2, 0) is 37.9 Å². The van der Waals surface area contributed by atoms with Crippen LogP contribution < -0.4 is 37.9 Å². The lowest BCUT2D eigenvalue weighted by molar-refractivity contribution is 0.0222. The molecule has 0 saturated heterocycles. The van der Waals surface area contributed by atoms with Crippen molar-refractivity contribution in [3.63, 3.8) is 0 Å². The van der Waals surface area contributed by atoms with Gasteiger partial charge in [0, 0.05) is 34.8 Å². The molecule has 0 saturated carbocycles. The van der Waals surface area contributed by atoms with E-state index in [1.165, 1.54) is 0 Å². The Labute approximate surface area is 569 Å². The molecule has 20 heteroatoms. The van der Waals surface area contributed by atoms with E-state index in [1.54, 1.807) is 60.7 Å². The Morgan fingerprint density at radius 2 is 0.479 bits per heavy atom. The van der Waals surface area contributed by atoms with Gasteiger partial charge in [-0.25, -0.2) is 0 Å². The Bertz CT molecular complexity index is 2690. The monoisotopic (exact) mass is 1340 g/mol. The van der Waals surface area contributed by atoms with Crippen LogP contribution in [0.3, 0.4) is 0 Å². The highest BCUT2D eigenvalue weighted by Gasteiger charge is 2.26. The second-order valence-electron chi connectivity index (χ2n) is 24.7. The number of carbonyl (C=O) groups is 4. The molecule has 4 atom stereocenters. The Hall–Kier alpha value is -6.36. The van der Waals surface area contributed by atoms with E-state index in [9.17, 15) is 19.2 Å². The van der Waals surface area contributed by atoms with Gasteiger partial charge < -0.3 is 75.8 Å². The molecule has 3 aliphatic rings. The summed E-state index contributed by atoms with van der Waals surface area (Å²) in [6.07, 6.45) is 14.7. The Kier molecular flexibility index (Phi) is 36.9. The first-order chi connectivity index (χ1) is 47.1. The van der Waals surface area contributed by atoms with Crippen molar-refractivity contribution in [3.05, 3.63) is 95.1 Å². The van der Waals surface area contributed by atoms with Crippen molar-refractivity contribution < 1.29 is 95.0 Å². The minimum absolute atomic E-state index is 0.0126. The Balaban J connectivity index is 0.989. The lowest BCUT2D eigenvalue weighted by Crippen LogP contribution is -2.18. The maximum absolute atomic E-state index is 14.1. The fourth-order valence-corrected chi connectivity index (χ4v) is 11.5. The first kappa shape index (κ1) is 77.0. The highest BCUT2D eigenvalue weighted by molar-refractivity contribution is 6.02. The number of fused-ring (bicyclic) bond motifs is 20. The molecule has 7 rings (SSSR count). The van der Waals surface area contributed by atoms with E-state index < -0.39 is 0 Å². The van der Waals surface area contributed by atoms with Crippen molar-refractivity contribution in [2.45, 2.75) is 130 Å². The zero-order valence-electron chi connectivity index (χ0n) is 57.7. The van der Waals surface area contributed by atoms with Gasteiger partial charge in [-0.3, -0.25) is 19.2 Å². The van der Waals surface area contributed by atoms with Crippen LogP contribution in [-0.4, -0.2) is 182 Å². The molecular weight excluding hydrogens is 1230 g/mol. The predicted octanol–water partition coefficient (Wildman–Crippen LogP) is 13.5. The van der Waals surface area contributed by atoms with Crippen molar-refractivity contribution >= 4 is 23.1 Å². The van der Waals surface area contributed by atoms with Crippen LogP contribution in [0.25, 0.3) is 0 Å². The summed E-state index contributed by atoms with van der Waals surface area (Å²) >= 11 is 0. The SMILES string of the molecule is CC1CCCCCCCCC(C)C(=O)c2ccc3c(c2)OCCOCCOCCOc2c(cccc2C(=O)C(C)CCCCCCCCC(C)C(=O)c2cccc4c2OCCOCCOCCOc2cc(ccc2OCCOCCOCCO4)C1=O)OCCOCCOCCO3. The number of hydrogen-bond acceptors (Lipinski definition) is 20. The molecule has 20 nitrogen and oxygen atoms in total. The van der Waals surface area contributed by atoms with Crippen LogP contribution in [0.4, 0.5) is 0 Å². The summed E-state index contributed by atoms with van der Waals surface area (Å²) in [5.74, 6) is 2.81. The zero-order chi connectivity index (χ0) is 67.6. The number of hydrogen-bond donors (Lipinski definition) is 0. The van der Waals surface area contributed by atoms with E-state index >= 15 is 0 Å². The molecule has 6 bridgehead atoms. The van der Waals surface area contributed by atoms with Gasteiger partial charge in [0.1, 0.15) is 52.9 Å². The molecule has 3 heterocycles. The van der Waals surface area contributed by atoms with Gasteiger partial charge >= 0.3 is 0 Å². The van der Waals surface area contributed by atoms with Crippen molar-refractivity contribution in [3.8, 4) is 46.0 Å². The van der Waals surface area contributed by atoms with Crippen LogP contribution in [0.2, 0.25) is 0 Å². The Morgan fingerprint density at radius 3 is 0.781 bits per heavy atom. The molecule has 0 aliphatic carbocycles. The van der Waals surface area contributed by atoms with Gasteiger partial charge in [0.2, 0.25) is 0 Å². The number of para-hydroxylation sites is 2. The van der Waals surface area contributed by atoms with Gasteiger partial charge in [-0.15, -0.1) is 0 Å². The second-order valence-corrected chi connectivity index (χ2v) is 24.7. The molecule has 0 fully saturated rings. The molecule has 96 heavy (non-hydrogen) atoms. The molecule has 0 radical (unpaired) electrons. The number of ether oxygens (including phenoxy) is 16. The first-order valence-electron chi connectivity index (χ1n) is 35.4. The maximum atomic E-state index is 14.1. The highest BCUT2D eigenvalue weighted by Crippen LogP contribution is 2.37. The normalized spacial score (nSPS) is 22.8. The van der Waals surface area contributed by atoms with E-state index in [-0.39, 0.29) is 139 Å². The van der Waals surface area contributed by atoms with Gasteiger partial charge in [0.05, 0.1) is 117 Å². The summed E-state index contributed by atoms with van der Waals surface area (Å²) in [7, 11) is 0. The van der Waals surface area contributed by atoms with Crippen LogP contribution >= 0.6 is 0 Å². The molecule has 0 N–H and O–H groups in total. The number of rotatable bonds is 0. The number of Topliss-reactive ketones (excluding diaryl/α,β-unsaturated/α-hetero) is 4. The van der Waals surface area contributed by atoms with Gasteiger partial charge in [0.15, 0.2) is 69.1 Å². The standard InChI is InChI=1S/C76H108O20/c1-57-19-13-9-5-6-10-14-20-58(2)72(78)62-28-30-66-70(56-62)94-52-44-86-36-38-88-46-54-96-76-64(24-18-26-68(76)92-50-42-84-34-32-82-40-48-90-66)74(80)60(4)22-16-12-8-7-11-15-21-59(3)73(79)63-23-17-25-67-75(63)95-53-45-87-37-35-85-43-51-93-69-55-61(71(57)77)27-29-65(69)89-47-39-81-31-33-83-41-49-91-67/h17-18,23-30,55-60H,5-16,19-22,31-54H2,1-4H3. The lowest BCUT2D eigenvalue weighted by Gasteiger charge is -2.19. The van der Waals surface area contributed by atoms with Crippen molar-refractivity contribution in [2.75, 3.05) is 159 Å². The second kappa shape index (κ2) is 46.0. The predicted molar refractivity (Wildman–Crippen MR) is 364 cm³/mol. The first-order valence-corrected chi connectivity index (χ1v) is 35.4. The molecule has 532 valence electrons. The highest BCUT2D eigenvalue weighted by atomic mass is 16.6.